The number of hydrogen-bond acceptors (Lipinski definition) is 4. The lowest BCUT2D eigenvalue weighted by atomic mass is 10.2. The predicted octanol–water partition coefficient (Wildman–Crippen LogP) is -0.355. The van der Waals surface area contributed by atoms with Gasteiger partial charge in [0, 0.05) is 26.1 Å². The quantitative estimate of drug-likeness (QED) is 0.639. The molecule has 0 aromatic rings. The van der Waals surface area contributed by atoms with E-state index in [0.29, 0.717) is 45.7 Å². The van der Waals surface area contributed by atoms with Gasteiger partial charge in [-0.2, -0.15) is 0 Å². The van der Waals surface area contributed by atoms with Gasteiger partial charge in [-0.05, 0) is 6.42 Å². The molecule has 1 fully saturated rings. The normalized spacial score (nSPS) is 15.3. The van der Waals surface area contributed by atoms with E-state index in [2.05, 4.69) is 5.92 Å². The second kappa shape index (κ2) is 8.51. The van der Waals surface area contributed by atoms with Crippen LogP contribution in [0.15, 0.2) is 0 Å². The maximum atomic E-state index is 11.9. The van der Waals surface area contributed by atoms with E-state index in [1.807, 2.05) is 0 Å². The molecule has 0 bridgehead atoms. The third-order valence-corrected chi connectivity index (χ3v) is 2.90. The highest BCUT2D eigenvalue weighted by molar-refractivity contribution is 5.76. The van der Waals surface area contributed by atoms with Crippen LogP contribution in [0.1, 0.15) is 12.8 Å². The summed E-state index contributed by atoms with van der Waals surface area (Å²) in [5.41, 5.74) is 0. The highest BCUT2D eigenvalue weighted by Crippen LogP contribution is 2.03. The Morgan fingerprint density at radius 1 is 1.37 bits per heavy atom. The molecule has 19 heavy (non-hydrogen) atoms. The first kappa shape index (κ1) is 15.5. The summed E-state index contributed by atoms with van der Waals surface area (Å²) in [6.45, 7) is 3.19. The summed E-state index contributed by atoms with van der Waals surface area (Å²) < 4.78 is 5.18. The number of carbonyl (C=O) groups is 2. The molecule has 0 aromatic heterocycles. The summed E-state index contributed by atoms with van der Waals surface area (Å²) in [6.07, 6.45) is 6.21. The number of terminal acetylenes is 1. The fourth-order valence-corrected chi connectivity index (χ4v) is 1.96. The number of rotatable bonds is 7. The molecule has 106 valence electrons. The summed E-state index contributed by atoms with van der Waals surface area (Å²) in [5.74, 6) is 1.61. The molecular weight excluding hydrogens is 248 g/mol. The SMILES string of the molecule is C#CCN(CCCC(=O)N1CCOCC1)CC(=O)O. The molecule has 1 aliphatic heterocycles. The Bertz CT molecular complexity index is 345. The van der Waals surface area contributed by atoms with Gasteiger partial charge in [-0.3, -0.25) is 14.5 Å². The highest BCUT2D eigenvalue weighted by Gasteiger charge is 2.17. The molecule has 1 rings (SSSR count). The zero-order chi connectivity index (χ0) is 14.1. The fraction of sp³-hybridized carbons (Fsp3) is 0.692. The average molecular weight is 268 g/mol. The first-order valence-corrected chi connectivity index (χ1v) is 6.36. The smallest absolute Gasteiger partial charge is 0.317 e. The molecule has 0 aliphatic carbocycles. The molecule has 1 amide bonds. The van der Waals surface area contributed by atoms with Crippen LogP contribution >= 0.6 is 0 Å². The number of morpholine rings is 1. The number of nitrogens with zero attached hydrogens (tertiary/aromatic N) is 2. The first-order valence-electron chi connectivity index (χ1n) is 6.36. The Morgan fingerprint density at radius 2 is 2.05 bits per heavy atom. The van der Waals surface area contributed by atoms with E-state index >= 15 is 0 Å². The van der Waals surface area contributed by atoms with Crippen molar-refractivity contribution in [3.63, 3.8) is 0 Å². The molecule has 6 nitrogen and oxygen atoms in total. The number of ether oxygens (including phenoxy) is 1. The molecule has 6 heteroatoms. The molecule has 1 saturated heterocycles. The van der Waals surface area contributed by atoms with Crippen LogP contribution in [-0.4, -0.2) is 72.7 Å². The molecule has 0 unspecified atom stereocenters. The van der Waals surface area contributed by atoms with Crippen molar-refractivity contribution in [1.29, 1.82) is 0 Å². The van der Waals surface area contributed by atoms with Gasteiger partial charge in [0.15, 0.2) is 0 Å². The minimum absolute atomic E-state index is 0.0874. The number of aliphatic carboxylic acids is 1. The largest absolute Gasteiger partial charge is 0.480 e. The van der Waals surface area contributed by atoms with Crippen LogP contribution in [0.4, 0.5) is 0 Å². The minimum atomic E-state index is -0.908. The highest BCUT2D eigenvalue weighted by atomic mass is 16.5. The lowest BCUT2D eigenvalue weighted by molar-refractivity contribution is -0.138. The molecule has 0 spiro atoms. The predicted molar refractivity (Wildman–Crippen MR) is 69.5 cm³/mol. The number of carboxylic acids is 1. The lowest BCUT2D eigenvalue weighted by Gasteiger charge is -2.27. The second-order valence-electron chi connectivity index (χ2n) is 4.41. The van der Waals surface area contributed by atoms with Crippen LogP contribution in [0.5, 0.6) is 0 Å². The van der Waals surface area contributed by atoms with Gasteiger partial charge >= 0.3 is 5.97 Å². The van der Waals surface area contributed by atoms with Crippen molar-refractivity contribution >= 4 is 11.9 Å². The van der Waals surface area contributed by atoms with Gasteiger partial charge in [-0.25, -0.2) is 0 Å². The summed E-state index contributed by atoms with van der Waals surface area (Å²) in [4.78, 5) is 25.9. The van der Waals surface area contributed by atoms with E-state index in [9.17, 15) is 9.59 Å². The van der Waals surface area contributed by atoms with Crippen LogP contribution in [0.25, 0.3) is 0 Å². The Hall–Kier alpha value is -1.58. The summed E-state index contributed by atoms with van der Waals surface area (Å²) >= 11 is 0. The molecule has 0 aromatic carbocycles. The van der Waals surface area contributed by atoms with Crippen molar-refractivity contribution in [3.8, 4) is 12.3 Å². The number of carboxylic acid groups (broad SMARTS) is 1. The van der Waals surface area contributed by atoms with Crippen molar-refractivity contribution in [2.24, 2.45) is 0 Å². The maximum absolute atomic E-state index is 11.9. The molecule has 0 radical (unpaired) electrons. The average Bonchev–Trinajstić information content (AvgIpc) is 2.39. The van der Waals surface area contributed by atoms with Crippen LogP contribution in [-0.2, 0) is 14.3 Å². The standard InChI is InChI=1S/C13H20N2O4/c1-2-5-14(11-13(17)18)6-3-4-12(16)15-7-9-19-10-8-15/h1H,3-11H2,(H,17,18). The van der Waals surface area contributed by atoms with Gasteiger partial charge in [0.25, 0.3) is 0 Å². The molecule has 1 aliphatic rings. The van der Waals surface area contributed by atoms with Crippen molar-refractivity contribution in [1.82, 2.24) is 9.80 Å². The number of hydrogen-bond donors (Lipinski definition) is 1. The first-order chi connectivity index (χ1) is 9.13. The third-order valence-electron chi connectivity index (χ3n) is 2.90. The van der Waals surface area contributed by atoms with Crippen LogP contribution in [0.3, 0.4) is 0 Å². The van der Waals surface area contributed by atoms with Gasteiger partial charge in [0.05, 0.1) is 26.3 Å². The van der Waals surface area contributed by atoms with E-state index in [4.69, 9.17) is 16.3 Å². The van der Waals surface area contributed by atoms with Crippen LogP contribution in [0.2, 0.25) is 0 Å². The monoisotopic (exact) mass is 268 g/mol. The van der Waals surface area contributed by atoms with E-state index in [1.54, 1.807) is 9.80 Å². The van der Waals surface area contributed by atoms with Crippen molar-refractivity contribution in [2.45, 2.75) is 12.8 Å². The van der Waals surface area contributed by atoms with E-state index < -0.39 is 5.97 Å². The van der Waals surface area contributed by atoms with Gasteiger partial charge in [-0.1, -0.05) is 5.92 Å². The summed E-state index contributed by atoms with van der Waals surface area (Å²) in [6, 6.07) is 0. The van der Waals surface area contributed by atoms with Gasteiger partial charge in [0.1, 0.15) is 0 Å². The molecule has 1 N–H and O–H groups in total. The van der Waals surface area contributed by atoms with Crippen molar-refractivity contribution in [2.75, 3.05) is 45.9 Å². The van der Waals surface area contributed by atoms with Crippen LogP contribution in [0, 0.1) is 12.3 Å². The molecule has 0 saturated carbocycles. The summed E-state index contributed by atoms with van der Waals surface area (Å²) in [5, 5.41) is 8.72. The Morgan fingerprint density at radius 3 is 2.63 bits per heavy atom. The van der Waals surface area contributed by atoms with E-state index in [1.165, 1.54) is 0 Å². The lowest BCUT2D eigenvalue weighted by Crippen LogP contribution is -2.41. The zero-order valence-corrected chi connectivity index (χ0v) is 11.0. The number of amides is 1. The molecule has 0 atom stereocenters. The molecule has 1 heterocycles. The van der Waals surface area contributed by atoms with E-state index in [-0.39, 0.29) is 19.0 Å². The maximum Gasteiger partial charge on any atom is 0.317 e. The fourth-order valence-electron chi connectivity index (χ4n) is 1.96. The van der Waals surface area contributed by atoms with Gasteiger partial charge < -0.3 is 14.7 Å². The Labute approximate surface area is 113 Å². The molecular formula is C13H20N2O4. The summed E-state index contributed by atoms with van der Waals surface area (Å²) in [7, 11) is 0. The Kier molecular flexibility index (Phi) is 6.93. The topological polar surface area (TPSA) is 70.1 Å². The van der Waals surface area contributed by atoms with E-state index in [0.717, 1.165) is 0 Å². The third kappa shape index (κ3) is 6.22. The minimum Gasteiger partial charge on any atom is -0.480 e. The van der Waals surface area contributed by atoms with Crippen LogP contribution < -0.4 is 0 Å². The second-order valence-corrected chi connectivity index (χ2v) is 4.41. The van der Waals surface area contributed by atoms with Gasteiger partial charge in [-0.15, -0.1) is 6.42 Å². The van der Waals surface area contributed by atoms with Crippen molar-refractivity contribution in [3.05, 3.63) is 0 Å². The zero-order valence-electron chi connectivity index (χ0n) is 11.0. The van der Waals surface area contributed by atoms with Gasteiger partial charge in [0.2, 0.25) is 5.91 Å². The van der Waals surface area contributed by atoms with Crippen molar-refractivity contribution < 1.29 is 19.4 Å². The Balaban J connectivity index is 2.24. The number of carbonyl (C=O) groups excluding carboxylic acids is 1.